The minimum atomic E-state index is -0.232. The van der Waals surface area contributed by atoms with Gasteiger partial charge in [0.05, 0.1) is 11.9 Å². The lowest BCUT2D eigenvalue weighted by atomic mass is 10.3. The van der Waals surface area contributed by atoms with Crippen LogP contribution < -0.4 is 5.56 Å². The van der Waals surface area contributed by atoms with Gasteiger partial charge in [0.15, 0.2) is 0 Å². The van der Waals surface area contributed by atoms with Crippen molar-refractivity contribution >= 4 is 11.6 Å². The van der Waals surface area contributed by atoms with Crippen LogP contribution in [0.25, 0.3) is 5.69 Å². The van der Waals surface area contributed by atoms with Gasteiger partial charge in [-0.1, -0.05) is 11.6 Å². The Bertz CT molecular complexity index is 531. The zero-order valence-electron chi connectivity index (χ0n) is 8.14. The van der Waals surface area contributed by atoms with E-state index in [0.717, 1.165) is 5.69 Å². The predicted molar refractivity (Wildman–Crippen MR) is 59.6 cm³/mol. The van der Waals surface area contributed by atoms with E-state index in [-0.39, 0.29) is 10.6 Å². The summed E-state index contributed by atoms with van der Waals surface area (Å²) in [7, 11) is 0. The molecule has 2 rings (SSSR count). The highest BCUT2D eigenvalue weighted by molar-refractivity contribution is 6.30. The number of halogens is 1. The lowest BCUT2D eigenvalue weighted by Gasteiger charge is -2.04. The monoisotopic (exact) mass is 220 g/mol. The Balaban J connectivity index is 2.59. The van der Waals surface area contributed by atoms with E-state index < -0.39 is 0 Å². The van der Waals surface area contributed by atoms with Crippen molar-refractivity contribution in [3.8, 4) is 5.69 Å². The Labute approximate surface area is 92.0 Å². The van der Waals surface area contributed by atoms with Crippen molar-refractivity contribution in [3.05, 3.63) is 57.7 Å². The van der Waals surface area contributed by atoms with Crippen LogP contribution >= 0.6 is 11.6 Å². The third-order valence-corrected chi connectivity index (χ3v) is 2.36. The quantitative estimate of drug-likeness (QED) is 0.739. The van der Waals surface area contributed by atoms with Gasteiger partial charge in [-0.3, -0.25) is 14.3 Å². The van der Waals surface area contributed by atoms with Gasteiger partial charge in [0.2, 0.25) is 0 Å². The van der Waals surface area contributed by atoms with Crippen molar-refractivity contribution in [1.82, 2.24) is 9.55 Å². The van der Waals surface area contributed by atoms with Crippen LogP contribution in [0.1, 0.15) is 5.69 Å². The molecule has 0 unspecified atom stereocenters. The summed E-state index contributed by atoms with van der Waals surface area (Å²) < 4.78 is 1.47. The van der Waals surface area contributed by atoms with Crippen molar-refractivity contribution in [2.24, 2.45) is 0 Å². The van der Waals surface area contributed by atoms with Crippen LogP contribution in [0.4, 0.5) is 0 Å². The third-order valence-electron chi connectivity index (χ3n) is 2.07. The molecule has 0 spiro atoms. The summed E-state index contributed by atoms with van der Waals surface area (Å²) in [5, 5.41) is 0.207. The Kier molecular flexibility index (Phi) is 2.56. The van der Waals surface area contributed by atoms with Crippen molar-refractivity contribution in [2.45, 2.75) is 6.92 Å². The van der Waals surface area contributed by atoms with Crippen LogP contribution in [0.3, 0.4) is 0 Å². The van der Waals surface area contributed by atoms with Crippen molar-refractivity contribution in [1.29, 1.82) is 0 Å². The topological polar surface area (TPSA) is 34.9 Å². The average molecular weight is 221 g/mol. The van der Waals surface area contributed by atoms with Gasteiger partial charge in [-0.2, -0.15) is 0 Å². The molecule has 0 N–H and O–H groups in total. The van der Waals surface area contributed by atoms with E-state index in [4.69, 9.17) is 11.6 Å². The summed E-state index contributed by atoms with van der Waals surface area (Å²) in [5.74, 6) is 0. The number of aryl methyl sites for hydroxylation is 1. The largest absolute Gasteiger partial charge is 0.281 e. The van der Waals surface area contributed by atoms with Crippen LogP contribution in [0.15, 0.2) is 41.5 Å². The Hall–Kier alpha value is -1.61. The van der Waals surface area contributed by atoms with Crippen LogP contribution in [0, 0.1) is 6.92 Å². The molecule has 76 valence electrons. The molecule has 0 bridgehead atoms. The first-order chi connectivity index (χ1) is 7.18. The molecule has 0 radical (unpaired) electrons. The second-order valence-electron chi connectivity index (χ2n) is 3.19. The van der Waals surface area contributed by atoms with Gasteiger partial charge < -0.3 is 0 Å². The summed E-state index contributed by atoms with van der Waals surface area (Å²) in [6, 6.07) is 6.98. The zero-order valence-corrected chi connectivity index (χ0v) is 8.90. The molecule has 0 aliphatic heterocycles. The molecular weight excluding hydrogens is 212 g/mol. The number of nitrogens with zero attached hydrogens (tertiary/aromatic N) is 2. The second-order valence-corrected chi connectivity index (χ2v) is 3.60. The molecule has 0 aliphatic rings. The van der Waals surface area contributed by atoms with E-state index in [0.29, 0.717) is 5.69 Å². The molecule has 0 atom stereocenters. The summed E-state index contributed by atoms with van der Waals surface area (Å²) in [5.41, 5.74) is 1.40. The molecule has 3 nitrogen and oxygen atoms in total. The van der Waals surface area contributed by atoms with Crippen LogP contribution in [-0.2, 0) is 0 Å². The molecule has 2 aromatic heterocycles. The molecule has 0 amide bonds. The molecule has 2 heterocycles. The zero-order chi connectivity index (χ0) is 10.8. The second kappa shape index (κ2) is 3.87. The summed E-state index contributed by atoms with van der Waals surface area (Å²) in [4.78, 5) is 15.8. The number of aromatic nitrogens is 2. The van der Waals surface area contributed by atoms with Crippen LogP contribution in [0.5, 0.6) is 0 Å². The van der Waals surface area contributed by atoms with E-state index in [1.807, 2.05) is 19.1 Å². The van der Waals surface area contributed by atoms with E-state index in [1.165, 1.54) is 4.57 Å². The van der Waals surface area contributed by atoms with Crippen LogP contribution in [-0.4, -0.2) is 9.55 Å². The first kappa shape index (κ1) is 9.93. The number of rotatable bonds is 1. The fourth-order valence-corrected chi connectivity index (χ4v) is 1.44. The highest BCUT2D eigenvalue weighted by Crippen LogP contribution is 2.06. The van der Waals surface area contributed by atoms with E-state index >= 15 is 0 Å². The first-order valence-electron chi connectivity index (χ1n) is 4.49. The predicted octanol–water partition coefficient (Wildman–Crippen LogP) is 2.19. The van der Waals surface area contributed by atoms with E-state index in [1.54, 1.807) is 24.5 Å². The fourth-order valence-electron chi connectivity index (χ4n) is 1.27. The van der Waals surface area contributed by atoms with Crippen molar-refractivity contribution < 1.29 is 0 Å². The van der Waals surface area contributed by atoms with Crippen LogP contribution in [0.2, 0.25) is 5.02 Å². The van der Waals surface area contributed by atoms with Crippen molar-refractivity contribution in [3.63, 3.8) is 0 Å². The minimum Gasteiger partial charge on any atom is -0.281 e. The van der Waals surface area contributed by atoms with Gasteiger partial charge in [-0.15, -0.1) is 0 Å². The number of pyridine rings is 2. The third kappa shape index (κ3) is 1.92. The molecule has 0 saturated carbocycles. The standard InChI is InChI=1S/C11H9ClN2O/c1-8-4-5-9(7-13-8)14-6-2-3-10(12)11(14)15/h2-7H,1H3. The molecule has 4 heteroatoms. The maximum atomic E-state index is 11.7. The molecule has 0 saturated heterocycles. The van der Waals surface area contributed by atoms with Gasteiger partial charge in [0.1, 0.15) is 5.02 Å². The average Bonchev–Trinajstić information content (AvgIpc) is 2.24. The minimum absolute atomic E-state index is 0.207. The van der Waals surface area contributed by atoms with E-state index in [2.05, 4.69) is 4.98 Å². The molecule has 0 aliphatic carbocycles. The van der Waals surface area contributed by atoms with Gasteiger partial charge in [0, 0.05) is 11.9 Å². The van der Waals surface area contributed by atoms with Crippen molar-refractivity contribution in [2.75, 3.05) is 0 Å². The maximum absolute atomic E-state index is 11.7. The summed E-state index contributed by atoms with van der Waals surface area (Å²) >= 11 is 5.74. The summed E-state index contributed by atoms with van der Waals surface area (Å²) in [6.07, 6.45) is 3.31. The van der Waals surface area contributed by atoms with Gasteiger partial charge in [-0.25, -0.2) is 0 Å². The Morgan fingerprint density at radius 2 is 2.13 bits per heavy atom. The number of hydrogen-bond acceptors (Lipinski definition) is 2. The fraction of sp³-hybridized carbons (Fsp3) is 0.0909. The Morgan fingerprint density at radius 3 is 2.80 bits per heavy atom. The molecular formula is C11H9ClN2O. The molecule has 2 aromatic rings. The molecule has 0 aromatic carbocycles. The smallest absolute Gasteiger partial charge is 0.273 e. The lowest BCUT2D eigenvalue weighted by molar-refractivity contribution is 0.973. The molecule has 15 heavy (non-hydrogen) atoms. The lowest BCUT2D eigenvalue weighted by Crippen LogP contribution is -2.17. The normalized spacial score (nSPS) is 10.3. The highest BCUT2D eigenvalue weighted by atomic mass is 35.5. The van der Waals surface area contributed by atoms with E-state index in [9.17, 15) is 4.79 Å². The highest BCUT2D eigenvalue weighted by Gasteiger charge is 2.02. The number of hydrogen-bond donors (Lipinski definition) is 0. The Morgan fingerprint density at radius 1 is 1.33 bits per heavy atom. The molecule has 0 fully saturated rings. The van der Waals surface area contributed by atoms with Gasteiger partial charge >= 0.3 is 0 Å². The van der Waals surface area contributed by atoms with Gasteiger partial charge in [0.25, 0.3) is 5.56 Å². The maximum Gasteiger partial charge on any atom is 0.273 e. The van der Waals surface area contributed by atoms with Gasteiger partial charge in [-0.05, 0) is 31.2 Å². The summed E-state index contributed by atoms with van der Waals surface area (Å²) in [6.45, 7) is 1.89. The first-order valence-corrected chi connectivity index (χ1v) is 4.86. The SMILES string of the molecule is Cc1ccc(-n2cccc(Cl)c2=O)cn1.